The van der Waals surface area contributed by atoms with Crippen LogP contribution in [0, 0.1) is 5.92 Å². The Morgan fingerprint density at radius 1 is 1.09 bits per heavy atom. The smallest absolute Gasteiger partial charge is 0.313 e. The standard InChI is InChI=1S/C34H39FN4O5/c1-22(26-8-6-5-7-9-26)20-38-33(40)34(41)39-23(2)10-11-29(24(3)35)44-30-14-17-37-28-19-32(31(42-4)18-27(28)30)43-21-25-12-15-36-16-13-25/h5-11,14,17-19,22,25,36H,2,12-13,15-16,20-21H2,1,3-4H3,(H,38,40)(H,39,41)/b11-10-,29-24-. The molecule has 0 saturated carbocycles. The van der Waals surface area contributed by atoms with E-state index in [2.05, 4.69) is 27.5 Å². The summed E-state index contributed by atoms with van der Waals surface area (Å²) in [6.45, 7) is 9.77. The Kier molecular flexibility index (Phi) is 11.5. The van der Waals surface area contributed by atoms with Crippen molar-refractivity contribution < 1.29 is 28.2 Å². The summed E-state index contributed by atoms with van der Waals surface area (Å²) in [5.41, 5.74) is 1.72. The summed E-state index contributed by atoms with van der Waals surface area (Å²) in [4.78, 5) is 29.1. The third kappa shape index (κ3) is 8.90. The predicted molar refractivity (Wildman–Crippen MR) is 168 cm³/mol. The summed E-state index contributed by atoms with van der Waals surface area (Å²) in [5, 5.41) is 8.98. The lowest BCUT2D eigenvalue weighted by atomic mass is 9.99. The highest BCUT2D eigenvalue weighted by Crippen LogP contribution is 2.37. The first-order chi connectivity index (χ1) is 21.2. The Morgan fingerprint density at radius 2 is 1.84 bits per heavy atom. The van der Waals surface area contributed by atoms with Crippen LogP contribution in [0.25, 0.3) is 10.9 Å². The first kappa shape index (κ1) is 32.2. The van der Waals surface area contributed by atoms with E-state index in [0.717, 1.165) is 31.5 Å². The molecule has 10 heteroatoms. The lowest BCUT2D eigenvalue weighted by Gasteiger charge is -2.23. The number of hydrogen-bond acceptors (Lipinski definition) is 7. The number of halogens is 1. The second-order valence-electron chi connectivity index (χ2n) is 10.7. The number of aromatic nitrogens is 1. The number of benzene rings is 2. The maximum absolute atomic E-state index is 14.6. The van der Waals surface area contributed by atoms with Gasteiger partial charge in [0.1, 0.15) is 11.6 Å². The van der Waals surface area contributed by atoms with Gasteiger partial charge in [0.05, 0.1) is 19.2 Å². The van der Waals surface area contributed by atoms with E-state index < -0.39 is 17.6 Å². The number of nitrogens with zero attached hydrogens (tertiary/aromatic N) is 1. The Morgan fingerprint density at radius 3 is 2.55 bits per heavy atom. The summed E-state index contributed by atoms with van der Waals surface area (Å²) in [6.07, 6.45) is 6.34. The number of hydrogen-bond donors (Lipinski definition) is 3. The quantitative estimate of drug-likeness (QED) is 0.146. The number of amides is 2. The van der Waals surface area contributed by atoms with Gasteiger partial charge < -0.3 is 30.2 Å². The monoisotopic (exact) mass is 602 g/mol. The molecule has 232 valence electrons. The van der Waals surface area contributed by atoms with E-state index in [1.807, 2.05) is 37.3 Å². The summed E-state index contributed by atoms with van der Waals surface area (Å²) < 4.78 is 32.2. The number of rotatable bonds is 12. The van der Waals surface area contributed by atoms with E-state index >= 15 is 0 Å². The number of allylic oxidation sites excluding steroid dienone is 3. The Balaban J connectivity index is 1.38. The summed E-state index contributed by atoms with van der Waals surface area (Å²) in [7, 11) is 1.55. The van der Waals surface area contributed by atoms with Gasteiger partial charge in [0.2, 0.25) is 0 Å². The SMILES string of the molecule is C=C(/C=C\C(Oc1ccnc2cc(OCC3CCNCC3)c(OC)cc12)=C(/C)F)NC(=O)C(=O)NCC(C)c1ccccc1. The van der Waals surface area contributed by atoms with Gasteiger partial charge in [0, 0.05) is 29.9 Å². The molecule has 0 radical (unpaired) electrons. The predicted octanol–water partition coefficient (Wildman–Crippen LogP) is 5.31. The van der Waals surface area contributed by atoms with E-state index in [1.54, 1.807) is 31.5 Å². The van der Waals surface area contributed by atoms with E-state index in [9.17, 15) is 14.0 Å². The normalized spacial score (nSPS) is 14.9. The third-order valence-corrected chi connectivity index (χ3v) is 7.33. The number of carbonyl (C=O) groups is 2. The minimum Gasteiger partial charge on any atom is -0.493 e. The number of nitrogens with one attached hydrogen (secondary N) is 3. The van der Waals surface area contributed by atoms with E-state index in [-0.39, 0.29) is 23.9 Å². The van der Waals surface area contributed by atoms with Gasteiger partial charge in [-0.1, -0.05) is 43.8 Å². The molecule has 1 aliphatic heterocycles. The summed E-state index contributed by atoms with van der Waals surface area (Å²) >= 11 is 0. The van der Waals surface area contributed by atoms with Crippen molar-refractivity contribution in [3.05, 3.63) is 96.3 Å². The van der Waals surface area contributed by atoms with Crippen molar-refractivity contribution in [2.45, 2.75) is 32.6 Å². The lowest BCUT2D eigenvalue weighted by molar-refractivity contribution is -0.138. The van der Waals surface area contributed by atoms with Crippen molar-refractivity contribution in [1.82, 2.24) is 20.9 Å². The van der Waals surface area contributed by atoms with Crippen molar-refractivity contribution in [2.24, 2.45) is 5.92 Å². The van der Waals surface area contributed by atoms with Gasteiger partial charge in [-0.05, 0) is 74.5 Å². The van der Waals surface area contributed by atoms with Crippen LogP contribution < -0.4 is 30.2 Å². The zero-order valence-electron chi connectivity index (χ0n) is 25.3. The van der Waals surface area contributed by atoms with Gasteiger partial charge in [-0.3, -0.25) is 14.6 Å². The molecule has 3 N–H and O–H groups in total. The molecule has 0 aliphatic carbocycles. The largest absolute Gasteiger partial charge is 0.493 e. The van der Waals surface area contributed by atoms with Crippen molar-refractivity contribution >= 4 is 22.7 Å². The Labute approximate surface area is 257 Å². The molecule has 9 nitrogen and oxygen atoms in total. The van der Waals surface area contributed by atoms with Crippen molar-refractivity contribution in [2.75, 3.05) is 33.4 Å². The number of piperidine rings is 1. The fourth-order valence-electron chi connectivity index (χ4n) is 4.73. The lowest BCUT2D eigenvalue weighted by Crippen LogP contribution is -2.40. The number of ether oxygens (including phenoxy) is 3. The minimum atomic E-state index is -0.881. The highest BCUT2D eigenvalue weighted by molar-refractivity contribution is 6.35. The molecule has 4 rings (SSSR count). The van der Waals surface area contributed by atoms with Gasteiger partial charge in [0.25, 0.3) is 0 Å². The van der Waals surface area contributed by atoms with Crippen LogP contribution in [-0.2, 0) is 9.59 Å². The average molecular weight is 603 g/mol. The fraction of sp³-hybridized carbons (Fsp3) is 0.324. The molecule has 3 aromatic rings. The van der Waals surface area contributed by atoms with Gasteiger partial charge >= 0.3 is 11.8 Å². The van der Waals surface area contributed by atoms with E-state index in [1.165, 1.54) is 19.1 Å². The van der Waals surface area contributed by atoms with E-state index in [4.69, 9.17) is 14.2 Å². The number of pyridine rings is 1. The highest BCUT2D eigenvalue weighted by Gasteiger charge is 2.18. The van der Waals surface area contributed by atoms with Crippen LogP contribution >= 0.6 is 0 Å². The van der Waals surface area contributed by atoms with Crippen LogP contribution in [0.2, 0.25) is 0 Å². The van der Waals surface area contributed by atoms with Gasteiger partial charge in [-0.25, -0.2) is 4.39 Å². The molecule has 1 unspecified atom stereocenters. The average Bonchev–Trinajstić information content (AvgIpc) is 3.04. The number of carbonyl (C=O) groups excluding carboxylic acids is 2. The van der Waals surface area contributed by atoms with Gasteiger partial charge in [-0.2, -0.15) is 0 Å². The van der Waals surface area contributed by atoms with Crippen LogP contribution in [0.4, 0.5) is 4.39 Å². The maximum Gasteiger partial charge on any atom is 0.313 e. The second kappa shape index (κ2) is 15.7. The topological polar surface area (TPSA) is 111 Å². The first-order valence-electron chi connectivity index (χ1n) is 14.6. The second-order valence-corrected chi connectivity index (χ2v) is 10.7. The van der Waals surface area contributed by atoms with Crippen LogP contribution in [0.1, 0.15) is 38.2 Å². The fourth-order valence-corrected chi connectivity index (χ4v) is 4.73. The molecule has 0 bridgehead atoms. The van der Waals surface area contributed by atoms with Gasteiger partial charge in [0.15, 0.2) is 17.3 Å². The molecule has 44 heavy (non-hydrogen) atoms. The van der Waals surface area contributed by atoms with Crippen LogP contribution in [0.3, 0.4) is 0 Å². The Bertz CT molecular complexity index is 1530. The van der Waals surface area contributed by atoms with Crippen LogP contribution in [0.15, 0.2) is 90.7 Å². The number of methoxy groups -OCH3 is 1. The molecule has 1 saturated heterocycles. The highest BCUT2D eigenvalue weighted by atomic mass is 19.1. The molecule has 1 aliphatic rings. The van der Waals surface area contributed by atoms with Gasteiger partial charge in [-0.15, -0.1) is 0 Å². The molecular weight excluding hydrogens is 563 g/mol. The third-order valence-electron chi connectivity index (χ3n) is 7.33. The molecule has 2 amide bonds. The van der Waals surface area contributed by atoms with Crippen molar-refractivity contribution in [1.29, 1.82) is 0 Å². The minimum absolute atomic E-state index is 0.0242. The van der Waals surface area contributed by atoms with E-state index in [0.29, 0.717) is 40.7 Å². The molecule has 1 aromatic heterocycles. The van der Waals surface area contributed by atoms with Crippen molar-refractivity contribution in [3.8, 4) is 17.2 Å². The molecular formula is C34H39FN4O5. The molecule has 1 atom stereocenters. The first-order valence-corrected chi connectivity index (χ1v) is 14.6. The zero-order chi connectivity index (χ0) is 31.5. The summed E-state index contributed by atoms with van der Waals surface area (Å²) in [6, 6.07) is 14.8. The zero-order valence-corrected chi connectivity index (χ0v) is 25.3. The van der Waals surface area contributed by atoms with Crippen molar-refractivity contribution in [3.63, 3.8) is 0 Å². The molecule has 2 aromatic carbocycles. The number of fused-ring (bicyclic) bond motifs is 1. The summed E-state index contributed by atoms with van der Waals surface area (Å²) in [5.74, 6) is -0.482. The molecule has 0 spiro atoms. The molecule has 1 fully saturated rings. The maximum atomic E-state index is 14.6. The Hall–Kier alpha value is -4.70. The van der Waals surface area contributed by atoms with Crippen LogP contribution in [-0.4, -0.2) is 50.1 Å². The molecule has 2 heterocycles. The van der Waals surface area contributed by atoms with Crippen LogP contribution in [0.5, 0.6) is 17.2 Å².